The Morgan fingerprint density at radius 3 is 2.54 bits per heavy atom. The number of aliphatic hydroxyl groups is 1. The number of carbonyl (C=O) groups excluding carboxylic acids is 1. The number of benzene rings is 2. The van der Waals surface area contributed by atoms with E-state index in [0.717, 1.165) is 23.3 Å². The summed E-state index contributed by atoms with van der Waals surface area (Å²) in [6.07, 6.45) is -5.51. The van der Waals surface area contributed by atoms with E-state index in [4.69, 9.17) is 0 Å². The smallest absolute Gasteiger partial charge is 0.387 e. The Morgan fingerprint density at radius 1 is 1.17 bits per heavy atom. The summed E-state index contributed by atoms with van der Waals surface area (Å²) >= 11 is 0. The van der Waals surface area contributed by atoms with Crippen molar-refractivity contribution in [3.63, 3.8) is 0 Å². The van der Waals surface area contributed by atoms with Gasteiger partial charge in [-0.3, -0.25) is 4.79 Å². The van der Waals surface area contributed by atoms with Crippen LogP contribution in [0, 0.1) is 6.92 Å². The molecule has 0 spiro atoms. The first kappa shape index (κ1) is 18.0. The molecule has 0 heterocycles. The van der Waals surface area contributed by atoms with Crippen molar-refractivity contribution in [1.29, 1.82) is 0 Å². The van der Waals surface area contributed by atoms with Crippen molar-refractivity contribution in [1.82, 2.24) is 5.32 Å². The molecule has 0 fully saturated rings. The SMILES string of the molecule is Cc1ccccc1CC(=O)NCC(O)c1cccc(C(F)(F)F)c1. The summed E-state index contributed by atoms with van der Waals surface area (Å²) in [7, 11) is 0. The third-order valence-corrected chi connectivity index (χ3v) is 3.70. The van der Waals surface area contributed by atoms with Gasteiger partial charge < -0.3 is 10.4 Å². The molecule has 128 valence electrons. The topological polar surface area (TPSA) is 49.3 Å². The van der Waals surface area contributed by atoms with Gasteiger partial charge in [0.1, 0.15) is 0 Å². The van der Waals surface area contributed by atoms with Crippen molar-refractivity contribution in [3.05, 3.63) is 70.8 Å². The second-order valence-corrected chi connectivity index (χ2v) is 5.55. The number of alkyl halides is 3. The Bertz CT molecular complexity index is 713. The molecule has 0 radical (unpaired) electrons. The predicted octanol–water partition coefficient (Wildman–Crippen LogP) is 3.41. The highest BCUT2D eigenvalue weighted by molar-refractivity contribution is 5.78. The van der Waals surface area contributed by atoms with Gasteiger partial charge in [0.05, 0.1) is 18.1 Å². The fourth-order valence-electron chi connectivity index (χ4n) is 2.29. The fourth-order valence-corrected chi connectivity index (χ4v) is 2.29. The van der Waals surface area contributed by atoms with Gasteiger partial charge in [0.25, 0.3) is 0 Å². The summed E-state index contributed by atoms with van der Waals surface area (Å²) in [5.41, 5.74) is 1.13. The van der Waals surface area contributed by atoms with Crippen LogP contribution in [0.3, 0.4) is 0 Å². The molecule has 0 bridgehead atoms. The van der Waals surface area contributed by atoms with Crippen molar-refractivity contribution in [2.24, 2.45) is 0 Å². The summed E-state index contributed by atoms with van der Waals surface area (Å²) in [5.74, 6) is -0.296. The standard InChI is InChI=1S/C18H18F3NO2/c1-12-5-2-3-6-13(12)10-17(24)22-11-16(23)14-7-4-8-15(9-14)18(19,20)21/h2-9,16,23H,10-11H2,1H3,(H,22,24). The molecule has 0 aliphatic rings. The minimum absolute atomic E-state index is 0.112. The fraction of sp³-hybridized carbons (Fsp3) is 0.278. The van der Waals surface area contributed by atoms with Crippen LogP contribution in [0.15, 0.2) is 48.5 Å². The maximum atomic E-state index is 12.7. The van der Waals surface area contributed by atoms with Crippen LogP contribution in [-0.4, -0.2) is 17.6 Å². The van der Waals surface area contributed by atoms with Crippen molar-refractivity contribution in [2.75, 3.05) is 6.54 Å². The van der Waals surface area contributed by atoms with Crippen LogP contribution in [-0.2, 0) is 17.4 Å². The Labute approximate surface area is 138 Å². The lowest BCUT2D eigenvalue weighted by atomic mass is 10.0. The first-order valence-corrected chi connectivity index (χ1v) is 7.44. The van der Waals surface area contributed by atoms with Gasteiger partial charge in [-0.15, -0.1) is 0 Å². The molecule has 0 aliphatic carbocycles. The Morgan fingerprint density at radius 2 is 1.88 bits per heavy atom. The molecule has 24 heavy (non-hydrogen) atoms. The third-order valence-electron chi connectivity index (χ3n) is 3.70. The molecular formula is C18H18F3NO2. The first-order valence-electron chi connectivity index (χ1n) is 7.44. The normalized spacial score (nSPS) is 12.7. The second-order valence-electron chi connectivity index (χ2n) is 5.55. The number of halogens is 3. The molecule has 0 aliphatic heterocycles. The summed E-state index contributed by atoms with van der Waals surface area (Å²) in [6, 6.07) is 11.9. The number of carbonyl (C=O) groups is 1. The number of hydrogen-bond donors (Lipinski definition) is 2. The largest absolute Gasteiger partial charge is 0.416 e. The minimum atomic E-state index is -4.47. The molecule has 2 aromatic carbocycles. The third kappa shape index (κ3) is 4.83. The monoisotopic (exact) mass is 337 g/mol. The molecule has 1 atom stereocenters. The van der Waals surface area contributed by atoms with Crippen LogP contribution in [0.5, 0.6) is 0 Å². The van der Waals surface area contributed by atoms with Crippen LogP contribution in [0.4, 0.5) is 13.2 Å². The van der Waals surface area contributed by atoms with E-state index in [1.807, 2.05) is 31.2 Å². The van der Waals surface area contributed by atoms with Gasteiger partial charge in [-0.25, -0.2) is 0 Å². The lowest BCUT2D eigenvalue weighted by Crippen LogP contribution is -2.30. The molecule has 2 N–H and O–H groups in total. The summed E-state index contributed by atoms with van der Waals surface area (Å²) in [5, 5.41) is 12.5. The number of aryl methyl sites for hydroxylation is 1. The highest BCUT2D eigenvalue weighted by Gasteiger charge is 2.30. The zero-order chi connectivity index (χ0) is 17.7. The highest BCUT2D eigenvalue weighted by atomic mass is 19.4. The Kier molecular flexibility index (Phi) is 5.62. The minimum Gasteiger partial charge on any atom is -0.387 e. The van der Waals surface area contributed by atoms with E-state index < -0.39 is 17.8 Å². The van der Waals surface area contributed by atoms with Crippen molar-refractivity contribution in [3.8, 4) is 0 Å². The van der Waals surface area contributed by atoms with E-state index >= 15 is 0 Å². The average molecular weight is 337 g/mol. The van der Waals surface area contributed by atoms with Crippen LogP contribution in [0.25, 0.3) is 0 Å². The van der Waals surface area contributed by atoms with Gasteiger partial charge in [0, 0.05) is 6.54 Å². The molecule has 2 aromatic rings. The lowest BCUT2D eigenvalue weighted by molar-refractivity contribution is -0.137. The first-order chi connectivity index (χ1) is 11.3. The number of amides is 1. The molecule has 0 aromatic heterocycles. The maximum Gasteiger partial charge on any atom is 0.416 e. The van der Waals surface area contributed by atoms with E-state index in [-0.39, 0.29) is 24.4 Å². The number of nitrogens with one attached hydrogen (secondary N) is 1. The maximum absolute atomic E-state index is 12.7. The summed E-state index contributed by atoms with van der Waals surface area (Å²) in [6.45, 7) is 1.74. The van der Waals surface area contributed by atoms with Crippen molar-refractivity contribution >= 4 is 5.91 Å². The molecule has 1 amide bonds. The molecule has 0 saturated carbocycles. The molecule has 2 rings (SSSR count). The Balaban J connectivity index is 1.94. The zero-order valence-electron chi connectivity index (χ0n) is 13.1. The van der Waals surface area contributed by atoms with Gasteiger partial charge in [-0.2, -0.15) is 13.2 Å². The average Bonchev–Trinajstić information content (AvgIpc) is 2.54. The van der Waals surface area contributed by atoms with Gasteiger partial charge in [-0.1, -0.05) is 36.4 Å². The quantitative estimate of drug-likeness (QED) is 0.878. The zero-order valence-corrected chi connectivity index (χ0v) is 13.1. The molecule has 0 saturated heterocycles. The van der Waals surface area contributed by atoms with Crippen LogP contribution >= 0.6 is 0 Å². The summed E-state index contributed by atoms with van der Waals surface area (Å²) < 4.78 is 38.0. The van der Waals surface area contributed by atoms with E-state index in [2.05, 4.69) is 5.32 Å². The molecular weight excluding hydrogens is 319 g/mol. The number of rotatable bonds is 5. The van der Waals surface area contributed by atoms with Gasteiger partial charge in [0.2, 0.25) is 5.91 Å². The van der Waals surface area contributed by atoms with E-state index in [0.29, 0.717) is 0 Å². The predicted molar refractivity (Wildman–Crippen MR) is 84.3 cm³/mol. The molecule has 3 nitrogen and oxygen atoms in total. The second kappa shape index (κ2) is 7.49. The number of aliphatic hydroxyl groups excluding tert-OH is 1. The van der Waals surface area contributed by atoms with E-state index in [1.165, 1.54) is 12.1 Å². The van der Waals surface area contributed by atoms with Crippen LogP contribution in [0.1, 0.15) is 28.4 Å². The van der Waals surface area contributed by atoms with Crippen LogP contribution in [0.2, 0.25) is 0 Å². The van der Waals surface area contributed by atoms with Gasteiger partial charge in [-0.05, 0) is 35.7 Å². The molecule has 1 unspecified atom stereocenters. The molecule has 6 heteroatoms. The number of hydrogen-bond acceptors (Lipinski definition) is 2. The van der Waals surface area contributed by atoms with E-state index in [1.54, 1.807) is 0 Å². The highest BCUT2D eigenvalue weighted by Crippen LogP contribution is 2.30. The van der Waals surface area contributed by atoms with Crippen molar-refractivity contribution in [2.45, 2.75) is 25.6 Å². The van der Waals surface area contributed by atoms with Crippen LogP contribution < -0.4 is 5.32 Å². The van der Waals surface area contributed by atoms with E-state index in [9.17, 15) is 23.1 Å². The lowest BCUT2D eigenvalue weighted by Gasteiger charge is -2.15. The Hall–Kier alpha value is -2.34. The van der Waals surface area contributed by atoms with Gasteiger partial charge >= 0.3 is 6.18 Å². The van der Waals surface area contributed by atoms with Gasteiger partial charge in [0.15, 0.2) is 0 Å². The van der Waals surface area contributed by atoms with Crippen molar-refractivity contribution < 1.29 is 23.1 Å². The summed E-state index contributed by atoms with van der Waals surface area (Å²) in [4.78, 5) is 11.9.